The van der Waals surface area contributed by atoms with Gasteiger partial charge in [-0.2, -0.15) is 0 Å². The van der Waals surface area contributed by atoms with E-state index < -0.39 is 0 Å². The van der Waals surface area contributed by atoms with Crippen LogP contribution in [-0.4, -0.2) is 0 Å². The van der Waals surface area contributed by atoms with Crippen molar-refractivity contribution in [2.75, 3.05) is 0 Å². The van der Waals surface area contributed by atoms with Crippen molar-refractivity contribution in [3.8, 4) is 0 Å². The first kappa shape index (κ1) is 15.5. The van der Waals surface area contributed by atoms with Gasteiger partial charge in [-0.05, 0) is 51.4 Å². The van der Waals surface area contributed by atoms with Crippen LogP contribution in [0.15, 0.2) is 24.3 Å². The molecular formula is C18H32. The molecule has 1 aliphatic rings. The van der Waals surface area contributed by atoms with Gasteiger partial charge < -0.3 is 0 Å². The Morgan fingerprint density at radius 1 is 0.278 bits per heavy atom. The Morgan fingerprint density at radius 3 is 0.778 bits per heavy atom. The summed E-state index contributed by atoms with van der Waals surface area (Å²) >= 11 is 0. The van der Waals surface area contributed by atoms with E-state index >= 15 is 0 Å². The molecule has 0 nitrogen and oxygen atoms in total. The highest BCUT2D eigenvalue weighted by Crippen LogP contribution is 2.11. The van der Waals surface area contributed by atoms with Crippen LogP contribution in [0.4, 0.5) is 0 Å². The molecule has 0 aromatic heterocycles. The molecule has 0 amide bonds. The summed E-state index contributed by atoms with van der Waals surface area (Å²) in [4.78, 5) is 0. The van der Waals surface area contributed by atoms with E-state index in [0.717, 1.165) is 0 Å². The minimum atomic E-state index is 1.30. The second kappa shape index (κ2) is 12.9. The summed E-state index contributed by atoms with van der Waals surface area (Å²) < 4.78 is 0. The molecule has 0 radical (unpaired) electrons. The summed E-state index contributed by atoms with van der Waals surface area (Å²) in [5, 5.41) is 0. The molecule has 1 rings (SSSR count). The van der Waals surface area contributed by atoms with E-state index in [1.807, 2.05) is 0 Å². The molecule has 0 heterocycles. The predicted octanol–water partition coefficient (Wildman–Crippen LogP) is 6.57. The van der Waals surface area contributed by atoms with Crippen LogP contribution in [0.2, 0.25) is 0 Å². The van der Waals surface area contributed by atoms with Gasteiger partial charge in [-0.25, -0.2) is 0 Å². The summed E-state index contributed by atoms with van der Waals surface area (Å²) in [7, 11) is 0. The lowest BCUT2D eigenvalue weighted by molar-refractivity contribution is 0.598. The van der Waals surface area contributed by atoms with Gasteiger partial charge >= 0.3 is 0 Å². The fourth-order valence-electron chi connectivity index (χ4n) is 2.58. The maximum absolute atomic E-state index is 2.41. The smallest absolute Gasteiger partial charge is 0.0351 e. The molecule has 0 aromatic carbocycles. The van der Waals surface area contributed by atoms with Crippen molar-refractivity contribution in [1.29, 1.82) is 0 Å². The molecule has 0 saturated carbocycles. The third-order valence-electron chi connectivity index (χ3n) is 3.82. The average Bonchev–Trinajstić information content (AvgIpc) is 2.39. The molecule has 0 heteroatoms. The molecule has 0 unspecified atom stereocenters. The Labute approximate surface area is 115 Å². The first-order chi connectivity index (χ1) is 9.00. The van der Waals surface area contributed by atoms with Crippen LogP contribution in [0, 0.1) is 0 Å². The van der Waals surface area contributed by atoms with Crippen LogP contribution in [0.25, 0.3) is 0 Å². The Bertz CT molecular complexity index is 188. The van der Waals surface area contributed by atoms with Gasteiger partial charge in [0.25, 0.3) is 0 Å². The fourth-order valence-corrected chi connectivity index (χ4v) is 2.58. The third-order valence-corrected chi connectivity index (χ3v) is 3.82. The van der Waals surface area contributed by atoms with Crippen molar-refractivity contribution in [3.05, 3.63) is 24.3 Å². The fraction of sp³-hybridized carbons (Fsp3) is 0.778. The van der Waals surface area contributed by atoms with Crippen LogP contribution in [0.5, 0.6) is 0 Å². The normalized spacial score (nSPS) is 24.0. The van der Waals surface area contributed by atoms with E-state index in [-0.39, 0.29) is 0 Å². The Morgan fingerprint density at radius 2 is 0.500 bits per heavy atom. The predicted molar refractivity (Wildman–Crippen MR) is 82.9 cm³/mol. The van der Waals surface area contributed by atoms with Gasteiger partial charge in [0, 0.05) is 0 Å². The van der Waals surface area contributed by atoms with Crippen LogP contribution in [-0.2, 0) is 0 Å². The van der Waals surface area contributed by atoms with Crippen LogP contribution in [0.3, 0.4) is 0 Å². The van der Waals surface area contributed by atoms with E-state index in [2.05, 4.69) is 24.3 Å². The van der Waals surface area contributed by atoms with Gasteiger partial charge in [-0.3, -0.25) is 0 Å². The van der Waals surface area contributed by atoms with E-state index in [0.29, 0.717) is 0 Å². The molecule has 1 aliphatic carbocycles. The zero-order valence-electron chi connectivity index (χ0n) is 12.2. The Kier molecular flexibility index (Phi) is 11.2. The second-order valence-electron chi connectivity index (χ2n) is 5.63. The Balaban J connectivity index is 2.12. The summed E-state index contributed by atoms with van der Waals surface area (Å²) in [6.45, 7) is 0. The zero-order valence-corrected chi connectivity index (χ0v) is 12.2. The summed E-state index contributed by atoms with van der Waals surface area (Å²) in [6, 6.07) is 0. The highest BCUT2D eigenvalue weighted by molar-refractivity contribution is 4.82. The van der Waals surface area contributed by atoms with Crippen molar-refractivity contribution in [2.45, 2.75) is 89.9 Å². The molecule has 0 N–H and O–H groups in total. The maximum Gasteiger partial charge on any atom is -0.0351 e. The number of allylic oxidation sites excluding steroid dienone is 4. The minimum Gasteiger partial charge on any atom is -0.0885 e. The average molecular weight is 248 g/mol. The van der Waals surface area contributed by atoms with E-state index in [4.69, 9.17) is 0 Å². The lowest BCUT2D eigenvalue weighted by Crippen LogP contribution is -1.81. The van der Waals surface area contributed by atoms with Gasteiger partial charge in [0.15, 0.2) is 0 Å². The number of rotatable bonds is 0. The quantitative estimate of drug-likeness (QED) is 0.425. The summed E-state index contributed by atoms with van der Waals surface area (Å²) in [6.07, 6.45) is 29.0. The highest BCUT2D eigenvalue weighted by atomic mass is 14.0. The van der Waals surface area contributed by atoms with E-state index in [9.17, 15) is 0 Å². The lowest BCUT2D eigenvalue weighted by atomic mass is 10.1. The van der Waals surface area contributed by atoms with E-state index in [1.54, 1.807) is 0 Å². The third kappa shape index (κ3) is 10.6. The molecule has 0 fully saturated rings. The van der Waals surface area contributed by atoms with Crippen molar-refractivity contribution in [1.82, 2.24) is 0 Å². The van der Waals surface area contributed by atoms with Crippen molar-refractivity contribution < 1.29 is 0 Å². The molecule has 0 spiro atoms. The molecular weight excluding hydrogens is 216 g/mol. The standard InChI is InChI=1S/C18H32/c1-2-4-6-8-10-12-14-16-18-17-15-13-11-9-7-5-3-1/h1-2,15,17H,3-14,16,18H2/b2-1+,17-15?. The minimum absolute atomic E-state index is 1.30. The van der Waals surface area contributed by atoms with Gasteiger partial charge in [-0.15, -0.1) is 0 Å². The highest BCUT2D eigenvalue weighted by Gasteiger charge is 1.91. The monoisotopic (exact) mass is 248 g/mol. The molecule has 18 heavy (non-hydrogen) atoms. The molecule has 0 aliphatic heterocycles. The SMILES string of the molecule is C1=CCCCCCCCC/C=C/CCCCCC1. The largest absolute Gasteiger partial charge is 0.0885 e. The topological polar surface area (TPSA) is 0 Å². The van der Waals surface area contributed by atoms with Crippen LogP contribution >= 0.6 is 0 Å². The first-order valence-electron chi connectivity index (χ1n) is 8.30. The summed E-state index contributed by atoms with van der Waals surface area (Å²) in [5.41, 5.74) is 0. The number of hydrogen-bond acceptors (Lipinski definition) is 0. The van der Waals surface area contributed by atoms with Crippen LogP contribution in [0.1, 0.15) is 89.9 Å². The molecule has 104 valence electrons. The first-order valence-corrected chi connectivity index (χ1v) is 8.30. The van der Waals surface area contributed by atoms with Gasteiger partial charge in [-0.1, -0.05) is 62.8 Å². The van der Waals surface area contributed by atoms with Crippen molar-refractivity contribution in [2.24, 2.45) is 0 Å². The van der Waals surface area contributed by atoms with Gasteiger partial charge in [0.1, 0.15) is 0 Å². The Hall–Kier alpha value is -0.520. The van der Waals surface area contributed by atoms with Crippen molar-refractivity contribution >= 4 is 0 Å². The maximum atomic E-state index is 2.41. The molecule has 0 aromatic rings. The summed E-state index contributed by atoms with van der Waals surface area (Å²) in [5.74, 6) is 0. The lowest BCUT2D eigenvalue weighted by Gasteiger charge is -2.00. The second-order valence-corrected chi connectivity index (χ2v) is 5.63. The molecule has 0 saturated heterocycles. The van der Waals surface area contributed by atoms with Gasteiger partial charge in [0.2, 0.25) is 0 Å². The number of hydrogen-bond donors (Lipinski definition) is 0. The van der Waals surface area contributed by atoms with E-state index in [1.165, 1.54) is 89.9 Å². The van der Waals surface area contributed by atoms with Crippen molar-refractivity contribution in [3.63, 3.8) is 0 Å². The van der Waals surface area contributed by atoms with Gasteiger partial charge in [0.05, 0.1) is 0 Å². The van der Waals surface area contributed by atoms with Crippen LogP contribution < -0.4 is 0 Å². The molecule has 0 atom stereocenters. The zero-order chi connectivity index (χ0) is 12.7. The molecule has 0 bridgehead atoms.